The van der Waals surface area contributed by atoms with Gasteiger partial charge in [0.25, 0.3) is 5.91 Å². The third-order valence-electron chi connectivity index (χ3n) is 5.17. The fourth-order valence-corrected chi connectivity index (χ4v) is 5.37. The Labute approximate surface area is 183 Å². The maximum Gasteiger partial charge on any atom is 0.251 e. The number of hydrogen-bond donors (Lipinski definition) is 0. The Morgan fingerprint density at radius 3 is 2.52 bits per heavy atom. The first-order chi connectivity index (χ1) is 14.1. The molecule has 0 spiro atoms. The van der Waals surface area contributed by atoms with Crippen LogP contribution in [0.2, 0.25) is 0 Å². The highest BCUT2D eigenvalue weighted by atomic mass is 79.9. The van der Waals surface area contributed by atoms with Crippen molar-refractivity contribution in [1.82, 2.24) is 4.90 Å². The third-order valence-corrected chi connectivity index (χ3v) is 6.98. The summed E-state index contributed by atoms with van der Waals surface area (Å²) in [6, 6.07) is 15.0. The number of rotatable bonds is 6. The lowest BCUT2D eigenvalue weighted by atomic mass is 10.1. The van der Waals surface area contributed by atoms with Crippen molar-refractivity contribution in [3.63, 3.8) is 0 Å². The average molecular weight is 475 g/mol. The molecule has 0 aliphatic carbocycles. The maximum atomic E-state index is 13.2. The Balaban J connectivity index is 1.52. The van der Waals surface area contributed by atoms with E-state index in [0.29, 0.717) is 12.3 Å². The molecule has 29 heavy (non-hydrogen) atoms. The summed E-state index contributed by atoms with van der Waals surface area (Å²) in [5.74, 6) is 1.41. The van der Waals surface area contributed by atoms with Crippen molar-refractivity contribution in [1.29, 1.82) is 0 Å². The number of nitrogens with zero attached hydrogens (tertiary/aromatic N) is 2. The van der Waals surface area contributed by atoms with Crippen molar-refractivity contribution in [3.05, 3.63) is 58.6 Å². The lowest BCUT2D eigenvalue weighted by Crippen LogP contribution is -2.41. The average Bonchev–Trinajstić information content (AvgIpc) is 3.32. The molecular weight excluding hydrogens is 452 g/mol. The molecule has 0 saturated carbocycles. The van der Waals surface area contributed by atoms with Crippen molar-refractivity contribution in [2.45, 2.75) is 31.2 Å². The second kappa shape index (κ2) is 8.90. The molecule has 2 aromatic rings. The number of benzene rings is 2. The van der Waals surface area contributed by atoms with Gasteiger partial charge in [0.1, 0.15) is 11.8 Å². The van der Waals surface area contributed by atoms with Gasteiger partial charge in [-0.2, -0.15) is 0 Å². The largest absolute Gasteiger partial charge is 0.494 e. The van der Waals surface area contributed by atoms with Crippen molar-refractivity contribution in [3.8, 4) is 5.75 Å². The zero-order valence-corrected chi connectivity index (χ0v) is 18.6. The molecule has 2 fully saturated rings. The topological polar surface area (TPSA) is 49.9 Å². The highest BCUT2D eigenvalue weighted by molar-refractivity contribution is 9.10. The SMILES string of the molecule is CCCOc1ccc(N2C(=O)CC(N3CCSC3c3ccc(Br)cc3)C2=O)cc1. The number of carbonyl (C=O) groups is 2. The molecule has 2 unspecified atom stereocenters. The van der Waals surface area contributed by atoms with E-state index >= 15 is 0 Å². The van der Waals surface area contributed by atoms with Gasteiger partial charge in [-0.1, -0.05) is 35.0 Å². The van der Waals surface area contributed by atoms with Gasteiger partial charge in [-0.25, -0.2) is 4.90 Å². The Morgan fingerprint density at radius 1 is 1.10 bits per heavy atom. The molecule has 2 aromatic carbocycles. The van der Waals surface area contributed by atoms with Crippen LogP contribution in [0.3, 0.4) is 0 Å². The molecule has 2 aliphatic heterocycles. The van der Waals surface area contributed by atoms with Crippen LogP contribution < -0.4 is 9.64 Å². The van der Waals surface area contributed by atoms with Crippen LogP contribution in [0.25, 0.3) is 0 Å². The van der Waals surface area contributed by atoms with E-state index in [0.717, 1.165) is 34.5 Å². The van der Waals surface area contributed by atoms with Gasteiger partial charge in [-0.05, 0) is 48.4 Å². The van der Waals surface area contributed by atoms with Gasteiger partial charge < -0.3 is 4.74 Å². The van der Waals surface area contributed by atoms with Crippen molar-refractivity contribution < 1.29 is 14.3 Å². The molecule has 0 radical (unpaired) electrons. The Bertz CT molecular complexity index is 888. The summed E-state index contributed by atoms with van der Waals surface area (Å²) >= 11 is 5.29. The number of halogens is 1. The number of thioether (sulfide) groups is 1. The summed E-state index contributed by atoms with van der Waals surface area (Å²) in [6.07, 6.45) is 1.15. The van der Waals surface area contributed by atoms with E-state index in [9.17, 15) is 9.59 Å². The molecule has 5 nitrogen and oxygen atoms in total. The monoisotopic (exact) mass is 474 g/mol. The van der Waals surface area contributed by atoms with Gasteiger partial charge in [-0.3, -0.25) is 14.5 Å². The molecule has 2 aliphatic rings. The lowest BCUT2D eigenvalue weighted by molar-refractivity contribution is -0.123. The molecule has 152 valence electrons. The normalized spacial score (nSPS) is 22.5. The lowest BCUT2D eigenvalue weighted by Gasteiger charge is -2.28. The van der Waals surface area contributed by atoms with E-state index in [4.69, 9.17) is 4.74 Å². The molecule has 0 aromatic heterocycles. The molecule has 2 atom stereocenters. The van der Waals surface area contributed by atoms with Gasteiger partial charge in [0.05, 0.1) is 24.1 Å². The van der Waals surface area contributed by atoms with Crippen LogP contribution in [0.15, 0.2) is 53.0 Å². The van der Waals surface area contributed by atoms with Crippen LogP contribution in [0.4, 0.5) is 5.69 Å². The van der Waals surface area contributed by atoms with Crippen LogP contribution in [0.5, 0.6) is 5.75 Å². The molecule has 2 heterocycles. The fourth-order valence-electron chi connectivity index (χ4n) is 3.77. The van der Waals surface area contributed by atoms with Crippen molar-refractivity contribution >= 4 is 45.2 Å². The maximum absolute atomic E-state index is 13.2. The second-order valence-electron chi connectivity index (χ2n) is 7.14. The zero-order valence-electron chi connectivity index (χ0n) is 16.2. The minimum atomic E-state index is -0.415. The highest BCUT2D eigenvalue weighted by Crippen LogP contribution is 2.42. The Kier molecular flexibility index (Phi) is 6.27. The number of carbonyl (C=O) groups excluding carboxylic acids is 2. The summed E-state index contributed by atoms with van der Waals surface area (Å²) in [5, 5.41) is 0.0922. The number of ether oxygens (including phenoxy) is 1. The van der Waals surface area contributed by atoms with E-state index in [1.165, 1.54) is 4.90 Å². The molecule has 2 amide bonds. The number of hydrogen-bond acceptors (Lipinski definition) is 5. The molecule has 0 bridgehead atoms. The first-order valence-corrected chi connectivity index (χ1v) is 11.6. The van der Waals surface area contributed by atoms with E-state index in [-0.39, 0.29) is 23.6 Å². The van der Waals surface area contributed by atoms with Gasteiger partial charge in [-0.15, -0.1) is 11.8 Å². The molecule has 4 rings (SSSR count). The summed E-state index contributed by atoms with van der Waals surface area (Å²) in [7, 11) is 0. The first-order valence-electron chi connectivity index (χ1n) is 9.81. The number of imide groups is 1. The van der Waals surface area contributed by atoms with Crippen LogP contribution in [-0.2, 0) is 9.59 Å². The molecule has 7 heteroatoms. The Hall–Kier alpha value is -1.83. The van der Waals surface area contributed by atoms with Crippen LogP contribution >= 0.6 is 27.7 Å². The standard InChI is InChI=1S/C22H23BrN2O3S/c1-2-12-28-18-9-7-17(8-10-18)25-20(26)14-19(21(25)27)24-11-13-29-22(24)15-3-5-16(23)6-4-15/h3-10,19,22H,2,11-14H2,1H3. The molecule has 0 N–H and O–H groups in total. The van der Waals surface area contributed by atoms with Gasteiger partial charge in [0.15, 0.2) is 0 Å². The second-order valence-corrected chi connectivity index (χ2v) is 9.25. The number of amides is 2. The van der Waals surface area contributed by atoms with Crippen LogP contribution in [0, 0.1) is 0 Å². The first kappa shape index (κ1) is 20.4. The third kappa shape index (κ3) is 4.22. The zero-order chi connectivity index (χ0) is 20.4. The highest BCUT2D eigenvalue weighted by Gasteiger charge is 2.46. The summed E-state index contributed by atoms with van der Waals surface area (Å²) in [5.41, 5.74) is 1.77. The molecular formula is C22H23BrN2O3S. The van der Waals surface area contributed by atoms with E-state index in [1.807, 2.05) is 43.0 Å². The quantitative estimate of drug-likeness (QED) is 0.571. The van der Waals surface area contributed by atoms with Gasteiger partial charge in [0.2, 0.25) is 5.91 Å². The minimum absolute atomic E-state index is 0.0922. The van der Waals surface area contributed by atoms with E-state index in [2.05, 4.69) is 33.0 Å². The van der Waals surface area contributed by atoms with Crippen LogP contribution in [-0.4, -0.2) is 41.7 Å². The van der Waals surface area contributed by atoms with E-state index in [1.54, 1.807) is 12.1 Å². The van der Waals surface area contributed by atoms with E-state index < -0.39 is 6.04 Å². The summed E-state index contributed by atoms with van der Waals surface area (Å²) < 4.78 is 6.63. The minimum Gasteiger partial charge on any atom is -0.494 e. The summed E-state index contributed by atoms with van der Waals surface area (Å²) in [4.78, 5) is 29.4. The van der Waals surface area contributed by atoms with Crippen LogP contribution in [0.1, 0.15) is 30.7 Å². The number of anilines is 1. The predicted molar refractivity (Wildman–Crippen MR) is 119 cm³/mol. The van der Waals surface area contributed by atoms with Crippen molar-refractivity contribution in [2.24, 2.45) is 0 Å². The Morgan fingerprint density at radius 2 is 1.83 bits per heavy atom. The predicted octanol–water partition coefficient (Wildman–Crippen LogP) is 4.62. The summed E-state index contributed by atoms with van der Waals surface area (Å²) in [6.45, 7) is 3.49. The van der Waals surface area contributed by atoms with Crippen molar-refractivity contribution in [2.75, 3.05) is 23.8 Å². The van der Waals surface area contributed by atoms with Gasteiger partial charge in [0, 0.05) is 16.8 Å². The fraction of sp³-hybridized carbons (Fsp3) is 0.364. The van der Waals surface area contributed by atoms with Gasteiger partial charge >= 0.3 is 0 Å². The molecule has 2 saturated heterocycles. The smallest absolute Gasteiger partial charge is 0.251 e.